The van der Waals surface area contributed by atoms with Crippen LogP contribution in [-0.2, 0) is 7.05 Å². The summed E-state index contributed by atoms with van der Waals surface area (Å²) in [7, 11) is 1.74. The molecule has 0 unspecified atom stereocenters. The minimum absolute atomic E-state index is 0.141. The van der Waals surface area contributed by atoms with Crippen LogP contribution in [0.1, 0.15) is 19.3 Å². The zero-order chi connectivity index (χ0) is 17.7. The lowest BCUT2D eigenvalue weighted by molar-refractivity contribution is 0.120. The van der Waals surface area contributed by atoms with Gasteiger partial charge in [0.05, 0.1) is 35.0 Å². The van der Waals surface area contributed by atoms with Crippen LogP contribution in [0.15, 0.2) is 47.7 Å². The standard InChI is InChI=1S/C20H18N4O2/c1-24-18-11-22-17-6-5-12(8-16(17)19(18)23-20(24)25)13-7-15(10-21-9-13)26-14-3-2-4-14/h5-11,14H,2-4H2,1H3,(H,23,25). The van der Waals surface area contributed by atoms with Crippen LogP contribution in [-0.4, -0.2) is 25.6 Å². The van der Waals surface area contributed by atoms with E-state index in [1.54, 1.807) is 24.0 Å². The van der Waals surface area contributed by atoms with Gasteiger partial charge in [-0.2, -0.15) is 0 Å². The molecule has 1 aliphatic carbocycles. The summed E-state index contributed by atoms with van der Waals surface area (Å²) < 4.78 is 7.54. The molecule has 1 aromatic carbocycles. The Labute approximate surface area is 149 Å². The Morgan fingerprint density at radius 3 is 2.85 bits per heavy atom. The van der Waals surface area contributed by atoms with Gasteiger partial charge in [-0.25, -0.2) is 4.79 Å². The second-order valence-electron chi connectivity index (χ2n) is 6.82. The maximum atomic E-state index is 12.0. The van der Waals surface area contributed by atoms with Crippen molar-refractivity contribution < 1.29 is 4.74 Å². The molecule has 1 fully saturated rings. The predicted octanol–water partition coefficient (Wildman–Crippen LogP) is 3.41. The fourth-order valence-electron chi connectivity index (χ4n) is 3.37. The molecule has 3 aromatic heterocycles. The Kier molecular flexibility index (Phi) is 3.31. The van der Waals surface area contributed by atoms with Gasteiger partial charge in [0, 0.05) is 24.2 Å². The smallest absolute Gasteiger partial charge is 0.326 e. The van der Waals surface area contributed by atoms with Crippen LogP contribution in [0, 0.1) is 0 Å². The van der Waals surface area contributed by atoms with Crippen molar-refractivity contribution in [2.24, 2.45) is 7.05 Å². The van der Waals surface area contributed by atoms with Crippen molar-refractivity contribution in [3.8, 4) is 16.9 Å². The Morgan fingerprint density at radius 1 is 1.15 bits per heavy atom. The molecule has 0 saturated heterocycles. The lowest BCUT2D eigenvalue weighted by Gasteiger charge is -2.26. The summed E-state index contributed by atoms with van der Waals surface area (Å²) in [5.74, 6) is 0.803. The second kappa shape index (κ2) is 5.69. The minimum Gasteiger partial charge on any atom is -0.489 e. The minimum atomic E-state index is -0.141. The molecule has 130 valence electrons. The summed E-state index contributed by atoms with van der Waals surface area (Å²) in [5, 5.41) is 0.919. The van der Waals surface area contributed by atoms with Crippen molar-refractivity contribution in [2.45, 2.75) is 25.4 Å². The number of nitrogens with zero attached hydrogens (tertiary/aromatic N) is 3. The number of aromatic amines is 1. The van der Waals surface area contributed by atoms with Crippen molar-refractivity contribution in [2.75, 3.05) is 0 Å². The van der Waals surface area contributed by atoms with E-state index in [4.69, 9.17) is 4.74 Å². The number of rotatable bonds is 3. The van der Waals surface area contributed by atoms with Crippen LogP contribution in [0.25, 0.3) is 33.1 Å². The highest BCUT2D eigenvalue weighted by Gasteiger charge is 2.19. The predicted molar refractivity (Wildman–Crippen MR) is 100 cm³/mol. The number of fused-ring (bicyclic) bond motifs is 3. The number of hydrogen-bond acceptors (Lipinski definition) is 4. The molecule has 0 radical (unpaired) electrons. The molecule has 1 N–H and O–H groups in total. The van der Waals surface area contributed by atoms with Crippen LogP contribution in [0.2, 0.25) is 0 Å². The van der Waals surface area contributed by atoms with Gasteiger partial charge < -0.3 is 9.72 Å². The first-order valence-corrected chi connectivity index (χ1v) is 8.78. The molecule has 0 aliphatic heterocycles. The van der Waals surface area contributed by atoms with E-state index in [2.05, 4.69) is 15.0 Å². The summed E-state index contributed by atoms with van der Waals surface area (Å²) in [6.07, 6.45) is 9.11. The number of nitrogens with one attached hydrogen (secondary N) is 1. The molecule has 6 nitrogen and oxygen atoms in total. The Morgan fingerprint density at radius 2 is 2.04 bits per heavy atom. The van der Waals surface area contributed by atoms with Crippen molar-refractivity contribution >= 4 is 21.9 Å². The van der Waals surface area contributed by atoms with Gasteiger partial charge >= 0.3 is 5.69 Å². The third-order valence-electron chi connectivity index (χ3n) is 5.15. The van der Waals surface area contributed by atoms with Gasteiger partial charge in [-0.05, 0) is 43.0 Å². The van der Waals surface area contributed by atoms with Crippen molar-refractivity contribution in [1.82, 2.24) is 19.5 Å². The molecule has 0 atom stereocenters. The zero-order valence-corrected chi connectivity index (χ0v) is 14.4. The van der Waals surface area contributed by atoms with Gasteiger partial charge in [-0.3, -0.25) is 14.5 Å². The molecular formula is C20H18N4O2. The largest absolute Gasteiger partial charge is 0.489 e. The number of pyridine rings is 2. The van der Waals surface area contributed by atoms with Gasteiger partial charge in [0.1, 0.15) is 5.75 Å². The first-order valence-electron chi connectivity index (χ1n) is 8.78. The fraction of sp³-hybridized carbons (Fsp3) is 0.250. The Balaban J connectivity index is 1.62. The summed E-state index contributed by atoms with van der Waals surface area (Å²) in [5.41, 5.74) is 4.30. The van der Waals surface area contributed by atoms with Crippen LogP contribution in [0.5, 0.6) is 5.75 Å². The van der Waals surface area contributed by atoms with Gasteiger partial charge in [0.2, 0.25) is 0 Å². The number of ether oxygens (including phenoxy) is 1. The van der Waals surface area contributed by atoms with Crippen LogP contribution in [0.3, 0.4) is 0 Å². The van der Waals surface area contributed by atoms with E-state index >= 15 is 0 Å². The van der Waals surface area contributed by atoms with Gasteiger partial charge in [-0.1, -0.05) is 6.07 Å². The van der Waals surface area contributed by atoms with Crippen molar-refractivity contribution in [3.63, 3.8) is 0 Å². The van der Waals surface area contributed by atoms with E-state index in [1.807, 2.05) is 30.5 Å². The normalized spacial score (nSPS) is 14.7. The Bertz CT molecular complexity index is 1190. The highest BCUT2D eigenvalue weighted by Crippen LogP contribution is 2.30. The quantitative estimate of drug-likeness (QED) is 0.617. The molecule has 6 heteroatoms. The lowest BCUT2D eigenvalue weighted by atomic mass is 9.96. The molecule has 0 bridgehead atoms. The average Bonchev–Trinajstić information content (AvgIpc) is 2.93. The van der Waals surface area contributed by atoms with Gasteiger partial charge in [0.15, 0.2) is 0 Å². The van der Waals surface area contributed by atoms with E-state index in [0.29, 0.717) is 6.10 Å². The molecule has 0 amide bonds. The third-order valence-corrected chi connectivity index (χ3v) is 5.15. The zero-order valence-electron chi connectivity index (χ0n) is 14.4. The molecule has 3 heterocycles. The highest BCUT2D eigenvalue weighted by atomic mass is 16.5. The number of aryl methyl sites for hydroxylation is 1. The molecule has 26 heavy (non-hydrogen) atoms. The van der Waals surface area contributed by atoms with E-state index < -0.39 is 0 Å². The average molecular weight is 346 g/mol. The van der Waals surface area contributed by atoms with E-state index in [9.17, 15) is 4.79 Å². The van der Waals surface area contributed by atoms with E-state index in [-0.39, 0.29) is 5.69 Å². The van der Waals surface area contributed by atoms with E-state index in [0.717, 1.165) is 51.7 Å². The number of aromatic nitrogens is 4. The van der Waals surface area contributed by atoms with Gasteiger partial charge in [0.25, 0.3) is 0 Å². The SMILES string of the molecule is Cn1c(=O)[nH]c2c3cc(-c4cncc(OC5CCC5)c4)ccc3ncc21. The number of imidazole rings is 1. The maximum absolute atomic E-state index is 12.0. The number of hydrogen-bond donors (Lipinski definition) is 1. The van der Waals surface area contributed by atoms with Crippen LogP contribution < -0.4 is 10.4 Å². The molecular weight excluding hydrogens is 328 g/mol. The lowest BCUT2D eigenvalue weighted by Crippen LogP contribution is -2.24. The molecule has 1 aliphatic rings. The summed E-state index contributed by atoms with van der Waals surface area (Å²) in [4.78, 5) is 23.7. The van der Waals surface area contributed by atoms with Crippen molar-refractivity contribution in [3.05, 3.63) is 53.3 Å². The first-order chi connectivity index (χ1) is 12.7. The number of benzene rings is 1. The Hall–Kier alpha value is -3.15. The molecule has 0 spiro atoms. The summed E-state index contributed by atoms with van der Waals surface area (Å²) in [6, 6.07) is 8.06. The maximum Gasteiger partial charge on any atom is 0.326 e. The number of H-pyrrole nitrogens is 1. The molecule has 5 rings (SSSR count). The fourth-order valence-corrected chi connectivity index (χ4v) is 3.37. The monoisotopic (exact) mass is 346 g/mol. The second-order valence-corrected chi connectivity index (χ2v) is 6.82. The first kappa shape index (κ1) is 15.1. The van der Waals surface area contributed by atoms with E-state index in [1.165, 1.54) is 6.42 Å². The summed E-state index contributed by atoms with van der Waals surface area (Å²) >= 11 is 0. The highest BCUT2D eigenvalue weighted by molar-refractivity contribution is 6.03. The third kappa shape index (κ3) is 2.37. The topological polar surface area (TPSA) is 72.8 Å². The van der Waals surface area contributed by atoms with Gasteiger partial charge in [-0.15, -0.1) is 0 Å². The van der Waals surface area contributed by atoms with Crippen molar-refractivity contribution in [1.29, 1.82) is 0 Å². The molecule has 4 aromatic rings. The van der Waals surface area contributed by atoms with Crippen LogP contribution in [0.4, 0.5) is 0 Å². The molecule has 1 saturated carbocycles. The summed E-state index contributed by atoms with van der Waals surface area (Å²) in [6.45, 7) is 0. The van der Waals surface area contributed by atoms with Crippen LogP contribution >= 0.6 is 0 Å².